The van der Waals surface area contributed by atoms with Gasteiger partial charge >= 0.3 is 5.97 Å². The standard InChI is InChI=1S/C14H21NO3/c16-13(17)6-5-11-7-9-15(10-8-11)14(18)12-3-1-2-4-12/h1-2,11-12H,3-10H2,(H,16,17). The van der Waals surface area contributed by atoms with Crippen molar-refractivity contribution in [3.05, 3.63) is 12.2 Å². The highest BCUT2D eigenvalue weighted by Gasteiger charge is 2.28. The lowest BCUT2D eigenvalue weighted by atomic mass is 9.91. The Morgan fingerprint density at radius 2 is 1.78 bits per heavy atom. The predicted octanol–water partition coefficient (Wildman–Crippen LogP) is 2.06. The Hall–Kier alpha value is -1.32. The monoisotopic (exact) mass is 251 g/mol. The van der Waals surface area contributed by atoms with Crippen molar-refractivity contribution in [1.82, 2.24) is 4.90 Å². The highest BCUT2D eigenvalue weighted by Crippen LogP contribution is 2.26. The van der Waals surface area contributed by atoms with Crippen LogP contribution in [0.2, 0.25) is 0 Å². The molecule has 1 aliphatic heterocycles. The van der Waals surface area contributed by atoms with Crippen LogP contribution >= 0.6 is 0 Å². The number of piperidine rings is 1. The summed E-state index contributed by atoms with van der Waals surface area (Å²) in [6, 6.07) is 0. The molecule has 2 rings (SSSR count). The van der Waals surface area contributed by atoms with Gasteiger partial charge < -0.3 is 10.0 Å². The van der Waals surface area contributed by atoms with E-state index >= 15 is 0 Å². The van der Waals surface area contributed by atoms with Gasteiger partial charge in [0.05, 0.1) is 0 Å². The summed E-state index contributed by atoms with van der Waals surface area (Å²) in [7, 11) is 0. The zero-order valence-corrected chi connectivity index (χ0v) is 10.7. The van der Waals surface area contributed by atoms with Crippen molar-refractivity contribution in [2.45, 2.75) is 38.5 Å². The summed E-state index contributed by atoms with van der Waals surface area (Å²) in [5, 5.41) is 8.66. The van der Waals surface area contributed by atoms with E-state index < -0.39 is 5.97 Å². The van der Waals surface area contributed by atoms with Gasteiger partial charge in [0.25, 0.3) is 0 Å². The minimum atomic E-state index is -0.717. The van der Waals surface area contributed by atoms with Crippen LogP contribution < -0.4 is 0 Å². The third-order valence-corrected chi connectivity index (χ3v) is 4.05. The van der Waals surface area contributed by atoms with Gasteiger partial charge in [0.2, 0.25) is 5.91 Å². The van der Waals surface area contributed by atoms with E-state index in [2.05, 4.69) is 12.2 Å². The number of carboxylic acid groups (broad SMARTS) is 1. The van der Waals surface area contributed by atoms with Crippen molar-refractivity contribution in [2.75, 3.05) is 13.1 Å². The second kappa shape index (κ2) is 6.03. The van der Waals surface area contributed by atoms with Gasteiger partial charge in [0.1, 0.15) is 0 Å². The van der Waals surface area contributed by atoms with Gasteiger partial charge in [-0.1, -0.05) is 12.2 Å². The molecule has 1 aliphatic carbocycles. The van der Waals surface area contributed by atoms with Gasteiger partial charge in [-0.25, -0.2) is 0 Å². The number of carboxylic acids is 1. The van der Waals surface area contributed by atoms with Crippen molar-refractivity contribution in [2.24, 2.45) is 11.8 Å². The zero-order valence-electron chi connectivity index (χ0n) is 10.7. The molecule has 0 aromatic rings. The van der Waals surface area contributed by atoms with Crippen molar-refractivity contribution in [3.63, 3.8) is 0 Å². The van der Waals surface area contributed by atoms with Gasteiger partial charge in [0.15, 0.2) is 0 Å². The molecule has 0 unspecified atom stereocenters. The van der Waals surface area contributed by atoms with Crippen LogP contribution in [-0.4, -0.2) is 35.0 Å². The second-order valence-corrected chi connectivity index (χ2v) is 5.34. The lowest BCUT2D eigenvalue weighted by Gasteiger charge is -2.33. The number of nitrogens with zero attached hydrogens (tertiary/aromatic N) is 1. The lowest BCUT2D eigenvalue weighted by molar-refractivity contribution is -0.139. The van der Waals surface area contributed by atoms with Crippen molar-refractivity contribution < 1.29 is 14.7 Å². The quantitative estimate of drug-likeness (QED) is 0.778. The number of likely N-dealkylation sites (tertiary alicyclic amines) is 1. The molecule has 1 fully saturated rings. The summed E-state index contributed by atoms with van der Waals surface area (Å²) < 4.78 is 0. The van der Waals surface area contributed by atoms with Crippen LogP contribution in [0.3, 0.4) is 0 Å². The molecule has 1 N–H and O–H groups in total. The van der Waals surface area contributed by atoms with Crippen molar-refractivity contribution in [3.8, 4) is 0 Å². The maximum absolute atomic E-state index is 12.2. The van der Waals surface area contributed by atoms with E-state index in [0.717, 1.165) is 45.2 Å². The molecule has 0 aromatic carbocycles. The molecular weight excluding hydrogens is 230 g/mol. The maximum Gasteiger partial charge on any atom is 0.303 e. The van der Waals surface area contributed by atoms with E-state index in [-0.39, 0.29) is 18.2 Å². The summed E-state index contributed by atoms with van der Waals surface area (Å²) >= 11 is 0. The summed E-state index contributed by atoms with van der Waals surface area (Å²) in [6.07, 6.45) is 8.87. The third kappa shape index (κ3) is 3.34. The largest absolute Gasteiger partial charge is 0.481 e. The van der Waals surface area contributed by atoms with E-state index in [0.29, 0.717) is 5.92 Å². The topological polar surface area (TPSA) is 57.6 Å². The first kappa shape index (κ1) is 13.1. The van der Waals surface area contributed by atoms with Crippen molar-refractivity contribution in [1.29, 1.82) is 0 Å². The van der Waals surface area contributed by atoms with Crippen LogP contribution in [0.25, 0.3) is 0 Å². The molecule has 0 aromatic heterocycles. The number of hydrogen-bond donors (Lipinski definition) is 1. The molecule has 18 heavy (non-hydrogen) atoms. The Balaban J connectivity index is 1.72. The number of carbonyl (C=O) groups excluding carboxylic acids is 1. The van der Waals surface area contributed by atoms with Gasteiger partial charge in [-0.15, -0.1) is 0 Å². The molecule has 1 saturated heterocycles. The number of rotatable bonds is 4. The minimum Gasteiger partial charge on any atom is -0.481 e. The number of hydrogen-bond acceptors (Lipinski definition) is 2. The molecule has 4 nitrogen and oxygen atoms in total. The average molecular weight is 251 g/mol. The maximum atomic E-state index is 12.2. The Morgan fingerprint density at radius 1 is 1.17 bits per heavy atom. The Labute approximate surface area is 108 Å². The van der Waals surface area contributed by atoms with E-state index in [9.17, 15) is 9.59 Å². The number of allylic oxidation sites excluding steroid dienone is 2. The first-order valence-electron chi connectivity index (χ1n) is 6.82. The Morgan fingerprint density at radius 3 is 2.33 bits per heavy atom. The number of carbonyl (C=O) groups is 2. The minimum absolute atomic E-state index is 0.167. The summed E-state index contributed by atoms with van der Waals surface area (Å²) in [5.41, 5.74) is 0. The zero-order chi connectivity index (χ0) is 13.0. The van der Waals surface area contributed by atoms with E-state index in [1.54, 1.807) is 0 Å². The molecule has 0 radical (unpaired) electrons. The molecule has 0 spiro atoms. The second-order valence-electron chi connectivity index (χ2n) is 5.34. The molecule has 100 valence electrons. The van der Waals surface area contributed by atoms with Gasteiger partial charge in [-0.05, 0) is 38.0 Å². The van der Waals surface area contributed by atoms with E-state index in [1.165, 1.54) is 0 Å². The Bertz CT molecular complexity index is 335. The van der Waals surface area contributed by atoms with Crippen LogP contribution in [-0.2, 0) is 9.59 Å². The summed E-state index contributed by atoms with van der Waals surface area (Å²) in [6.45, 7) is 1.61. The fraction of sp³-hybridized carbons (Fsp3) is 0.714. The summed E-state index contributed by atoms with van der Waals surface area (Å²) in [5.74, 6) is 0.217. The van der Waals surface area contributed by atoms with Crippen LogP contribution in [0, 0.1) is 11.8 Å². The van der Waals surface area contributed by atoms with Gasteiger partial charge in [-0.3, -0.25) is 9.59 Å². The SMILES string of the molecule is O=C(O)CCC1CCN(C(=O)C2CC=CC2)CC1. The molecule has 2 aliphatic rings. The number of amides is 1. The highest BCUT2D eigenvalue weighted by atomic mass is 16.4. The summed E-state index contributed by atoms with van der Waals surface area (Å²) in [4.78, 5) is 24.6. The van der Waals surface area contributed by atoms with Gasteiger partial charge in [0, 0.05) is 25.4 Å². The molecule has 0 saturated carbocycles. The molecule has 0 bridgehead atoms. The average Bonchev–Trinajstić information content (AvgIpc) is 2.90. The van der Waals surface area contributed by atoms with Crippen molar-refractivity contribution >= 4 is 11.9 Å². The smallest absolute Gasteiger partial charge is 0.303 e. The molecule has 0 atom stereocenters. The highest BCUT2D eigenvalue weighted by molar-refractivity contribution is 5.79. The Kier molecular flexibility index (Phi) is 4.39. The van der Waals surface area contributed by atoms with Crippen LogP contribution in [0.5, 0.6) is 0 Å². The third-order valence-electron chi connectivity index (χ3n) is 4.05. The van der Waals surface area contributed by atoms with E-state index in [1.807, 2.05) is 4.90 Å². The molecule has 4 heteroatoms. The fourth-order valence-corrected chi connectivity index (χ4v) is 2.85. The van der Waals surface area contributed by atoms with Gasteiger partial charge in [-0.2, -0.15) is 0 Å². The van der Waals surface area contributed by atoms with E-state index in [4.69, 9.17) is 5.11 Å². The molecule has 1 heterocycles. The molecule has 1 amide bonds. The molecular formula is C14H21NO3. The number of aliphatic carboxylic acids is 1. The van der Waals surface area contributed by atoms with Crippen LogP contribution in [0.1, 0.15) is 38.5 Å². The normalized spacial score (nSPS) is 21.4. The lowest BCUT2D eigenvalue weighted by Crippen LogP contribution is -2.41. The first-order chi connectivity index (χ1) is 8.66. The predicted molar refractivity (Wildman–Crippen MR) is 68.0 cm³/mol. The van der Waals surface area contributed by atoms with Crippen LogP contribution in [0.15, 0.2) is 12.2 Å². The fourth-order valence-electron chi connectivity index (χ4n) is 2.85. The first-order valence-corrected chi connectivity index (χ1v) is 6.82. The van der Waals surface area contributed by atoms with Crippen LogP contribution in [0.4, 0.5) is 0 Å².